The first-order chi connectivity index (χ1) is 11.8. The fourth-order valence-corrected chi connectivity index (χ4v) is 3.57. The van der Waals surface area contributed by atoms with E-state index in [0.717, 1.165) is 17.8 Å². The van der Waals surface area contributed by atoms with Gasteiger partial charge >= 0.3 is 12.1 Å². The van der Waals surface area contributed by atoms with Crippen LogP contribution in [0.4, 0.5) is 18.3 Å². The number of alkyl halides is 3. The third-order valence-corrected chi connectivity index (χ3v) is 5.04. The number of aromatic nitrogens is 1. The van der Waals surface area contributed by atoms with E-state index in [4.69, 9.17) is 9.90 Å². The molecule has 0 spiro atoms. The summed E-state index contributed by atoms with van der Waals surface area (Å²) in [5.74, 6) is -2.83. The number of nitrogens with zero attached hydrogens (tertiary/aromatic N) is 1. The number of nitrogens with one attached hydrogen (secondary N) is 2. The van der Waals surface area contributed by atoms with E-state index in [2.05, 4.69) is 15.6 Å². The zero-order chi connectivity index (χ0) is 18.4. The lowest BCUT2D eigenvalue weighted by molar-refractivity contribution is -0.192. The number of carboxylic acid groups (broad SMARTS) is 1. The molecule has 1 aliphatic heterocycles. The van der Waals surface area contributed by atoms with Crippen LogP contribution in [0.5, 0.6) is 0 Å². The number of rotatable bonds is 3. The van der Waals surface area contributed by atoms with Crippen LogP contribution in [0.2, 0.25) is 0 Å². The van der Waals surface area contributed by atoms with Crippen LogP contribution in [0, 0.1) is 0 Å². The normalized spacial score (nSPS) is 16.8. The Kier molecular flexibility index (Phi) is 6.51. The summed E-state index contributed by atoms with van der Waals surface area (Å²) < 4.78 is 31.7. The summed E-state index contributed by atoms with van der Waals surface area (Å²) >= 11 is 2.99. The Labute approximate surface area is 148 Å². The highest BCUT2D eigenvalue weighted by atomic mass is 32.1. The largest absolute Gasteiger partial charge is 0.490 e. The number of carboxylic acids is 1. The van der Waals surface area contributed by atoms with Gasteiger partial charge in [-0.2, -0.15) is 13.2 Å². The molecule has 2 aromatic rings. The molecule has 1 saturated heterocycles. The van der Waals surface area contributed by atoms with E-state index in [0.29, 0.717) is 11.2 Å². The molecule has 136 valence electrons. The summed E-state index contributed by atoms with van der Waals surface area (Å²) in [5.41, 5.74) is 0. The predicted molar refractivity (Wildman–Crippen MR) is 88.1 cm³/mol. The van der Waals surface area contributed by atoms with Crippen molar-refractivity contribution in [2.24, 2.45) is 0 Å². The Morgan fingerprint density at radius 1 is 1.36 bits per heavy atom. The van der Waals surface area contributed by atoms with Crippen molar-refractivity contribution >= 4 is 39.7 Å². The summed E-state index contributed by atoms with van der Waals surface area (Å²) in [7, 11) is 0. The Bertz CT molecular complexity index is 710. The van der Waals surface area contributed by atoms with Gasteiger partial charge in [-0.05, 0) is 31.5 Å². The molecule has 0 radical (unpaired) electrons. The van der Waals surface area contributed by atoms with Crippen molar-refractivity contribution in [1.29, 1.82) is 0 Å². The molecule has 1 unspecified atom stereocenters. The van der Waals surface area contributed by atoms with E-state index >= 15 is 0 Å². The Morgan fingerprint density at radius 3 is 2.60 bits per heavy atom. The maximum Gasteiger partial charge on any atom is 0.490 e. The maximum absolute atomic E-state index is 12.0. The summed E-state index contributed by atoms with van der Waals surface area (Å²) in [6, 6.07) is 4.37. The molecule has 1 atom stereocenters. The average molecular weight is 393 g/mol. The van der Waals surface area contributed by atoms with E-state index in [-0.39, 0.29) is 5.91 Å². The number of thiophene rings is 1. The second-order valence-electron chi connectivity index (χ2n) is 4.95. The standard InChI is InChI=1S/C12H13N3OS2.C2HF3O2/c16-11(15-12-14-6-7-17-12)10-4-3-9(18-10)8-2-1-5-13-8;3-2(4,5)1(6)7/h3-4,6-8,13H,1-2,5H2,(H,14,15,16);(H,6,7). The van der Waals surface area contributed by atoms with Crippen molar-refractivity contribution in [3.8, 4) is 0 Å². The SMILES string of the molecule is O=C(Nc1nccs1)c1ccc(C2CCCN2)s1.O=C(O)C(F)(F)F. The minimum Gasteiger partial charge on any atom is -0.475 e. The zero-order valence-corrected chi connectivity index (χ0v) is 14.3. The number of carbonyl (C=O) groups excluding carboxylic acids is 1. The Hall–Kier alpha value is -1.98. The summed E-state index contributed by atoms with van der Waals surface area (Å²) in [6.45, 7) is 1.07. The molecular weight excluding hydrogens is 379 g/mol. The van der Waals surface area contributed by atoms with E-state index < -0.39 is 12.1 Å². The second-order valence-corrected chi connectivity index (χ2v) is 6.96. The van der Waals surface area contributed by atoms with Gasteiger partial charge in [0.25, 0.3) is 5.91 Å². The molecule has 1 amide bonds. The van der Waals surface area contributed by atoms with Crippen molar-refractivity contribution < 1.29 is 27.9 Å². The number of thiazole rings is 1. The fraction of sp³-hybridized carbons (Fsp3) is 0.357. The van der Waals surface area contributed by atoms with Crippen LogP contribution in [0.1, 0.15) is 33.4 Å². The molecule has 1 fully saturated rings. The minimum absolute atomic E-state index is 0.0702. The zero-order valence-electron chi connectivity index (χ0n) is 12.7. The second kappa shape index (κ2) is 8.41. The van der Waals surface area contributed by atoms with Crippen molar-refractivity contribution in [2.75, 3.05) is 11.9 Å². The molecule has 0 bridgehead atoms. The number of anilines is 1. The van der Waals surface area contributed by atoms with Crippen LogP contribution in [0.15, 0.2) is 23.7 Å². The highest BCUT2D eigenvalue weighted by Crippen LogP contribution is 2.29. The number of halogens is 3. The van der Waals surface area contributed by atoms with Gasteiger partial charge in [0.1, 0.15) is 0 Å². The smallest absolute Gasteiger partial charge is 0.475 e. The molecule has 2 aromatic heterocycles. The molecule has 0 saturated carbocycles. The van der Waals surface area contributed by atoms with Crippen molar-refractivity contribution in [3.63, 3.8) is 0 Å². The number of hydrogen-bond acceptors (Lipinski definition) is 6. The van der Waals surface area contributed by atoms with Gasteiger partial charge in [0, 0.05) is 22.5 Å². The van der Waals surface area contributed by atoms with Gasteiger partial charge in [-0.15, -0.1) is 22.7 Å². The van der Waals surface area contributed by atoms with Gasteiger partial charge in [0.2, 0.25) is 0 Å². The first kappa shape index (κ1) is 19.3. The predicted octanol–water partition coefficient (Wildman–Crippen LogP) is 3.51. The van der Waals surface area contributed by atoms with Crippen molar-refractivity contribution in [2.45, 2.75) is 25.1 Å². The Balaban J connectivity index is 0.000000277. The molecular formula is C14H14F3N3O3S2. The molecule has 3 rings (SSSR count). The third kappa shape index (κ3) is 5.80. The number of hydrogen-bond donors (Lipinski definition) is 3. The van der Waals surface area contributed by atoms with Gasteiger partial charge in [-0.25, -0.2) is 9.78 Å². The van der Waals surface area contributed by atoms with Crippen LogP contribution in [0.25, 0.3) is 0 Å². The monoisotopic (exact) mass is 393 g/mol. The van der Waals surface area contributed by atoms with Gasteiger partial charge in [0.05, 0.1) is 4.88 Å². The third-order valence-electron chi connectivity index (χ3n) is 3.15. The molecule has 1 aliphatic rings. The topological polar surface area (TPSA) is 91.3 Å². The molecule has 3 N–H and O–H groups in total. The van der Waals surface area contributed by atoms with Gasteiger partial charge in [0.15, 0.2) is 5.13 Å². The van der Waals surface area contributed by atoms with Crippen LogP contribution >= 0.6 is 22.7 Å². The molecule has 0 aromatic carbocycles. The van der Waals surface area contributed by atoms with Gasteiger partial charge in [-0.3, -0.25) is 10.1 Å². The first-order valence-corrected chi connectivity index (χ1v) is 8.81. The van der Waals surface area contributed by atoms with E-state index in [1.54, 1.807) is 17.5 Å². The van der Waals surface area contributed by atoms with E-state index in [1.165, 1.54) is 22.6 Å². The number of aliphatic carboxylic acids is 1. The molecule has 3 heterocycles. The van der Waals surface area contributed by atoms with Crippen molar-refractivity contribution in [1.82, 2.24) is 10.3 Å². The molecule has 11 heteroatoms. The lowest BCUT2D eigenvalue weighted by Crippen LogP contribution is -2.21. The van der Waals surface area contributed by atoms with Crippen LogP contribution < -0.4 is 10.6 Å². The highest BCUT2D eigenvalue weighted by molar-refractivity contribution is 7.15. The van der Waals surface area contributed by atoms with E-state index in [1.807, 2.05) is 17.5 Å². The van der Waals surface area contributed by atoms with Crippen LogP contribution in [-0.4, -0.2) is 34.7 Å². The summed E-state index contributed by atoms with van der Waals surface area (Å²) in [5, 5.41) is 15.9. The maximum atomic E-state index is 12.0. The molecule has 25 heavy (non-hydrogen) atoms. The van der Waals surface area contributed by atoms with Crippen molar-refractivity contribution in [3.05, 3.63) is 33.5 Å². The summed E-state index contributed by atoms with van der Waals surface area (Å²) in [4.78, 5) is 26.9. The van der Waals surface area contributed by atoms with Gasteiger partial charge in [-0.1, -0.05) is 0 Å². The average Bonchev–Trinajstić information content (AvgIpc) is 3.28. The summed E-state index contributed by atoms with van der Waals surface area (Å²) in [6.07, 6.45) is -1.03. The first-order valence-electron chi connectivity index (χ1n) is 7.11. The minimum atomic E-state index is -5.08. The lowest BCUT2D eigenvalue weighted by atomic mass is 10.2. The van der Waals surface area contributed by atoms with Crippen LogP contribution in [-0.2, 0) is 4.79 Å². The van der Waals surface area contributed by atoms with E-state index in [9.17, 15) is 18.0 Å². The Morgan fingerprint density at radius 2 is 2.08 bits per heavy atom. The fourth-order valence-electron chi connectivity index (χ4n) is 2.03. The van der Waals surface area contributed by atoms with Gasteiger partial charge < -0.3 is 10.4 Å². The quantitative estimate of drug-likeness (QED) is 0.742. The molecule has 6 nitrogen and oxygen atoms in total. The molecule has 0 aliphatic carbocycles. The highest BCUT2D eigenvalue weighted by Gasteiger charge is 2.38. The lowest BCUT2D eigenvalue weighted by Gasteiger charge is -2.05. The van der Waals surface area contributed by atoms with Crippen LogP contribution in [0.3, 0.4) is 0 Å². The number of amides is 1. The number of carbonyl (C=O) groups is 2.